The molecule has 0 aliphatic rings. The molecule has 0 saturated heterocycles. The van der Waals surface area contributed by atoms with Crippen LogP contribution in [0.3, 0.4) is 0 Å². The highest BCUT2D eigenvalue weighted by atomic mass is 35.5. The number of halogens is 1. The van der Waals surface area contributed by atoms with Crippen LogP contribution in [0.2, 0.25) is 5.02 Å². The average Bonchev–Trinajstić information content (AvgIpc) is 2.71. The number of aryl methyl sites for hydroxylation is 1. The topological polar surface area (TPSA) is 69.7 Å². The maximum atomic E-state index is 13.1. The number of carbonyl (C=O) groups is 3. The summed E-state index contributed by atoms with van der Waals surface area (Å²) in [5.41, 5.74) is 2.16. The highest BCUT2D eigenvalue weighted by Gasteiger charge is 2.43. The summed E-state index contributed by atoms with van der Waals surface area (Å²) in [4.78, 5) is 38.0. The molecule has 0 amide bonds. The number of rotatable bonds is 7. The normalized spacial score (nSPS) is 12.9. The molecule has 0 heterocycles. The van der Waals surface area contributed by atoms with E-state index in [0.29, 0.717) is 16.1 Å². The lowest BCUT2D eigenvalue weighted by molar-refractivity contribution is -0.160. The Balaban J connectivity index is 2.53. The first-order valence-corrected chi connectivity index (χ1v) is 9.20. The second kappa shape index (κ2) is 9.51. The van der Waals surface area contributed by atoms with E-state index in [2.05, 4.69) is 0 Å². The summed E-state index contributed by atoms with van der Waals surface area (Å²) < 4.78 is 9.67. The first-order chi connectivity index (χ1) is 13.3. The van der Waals surface area contributed by atoms with Gasteiger partial charge in [0, 0.05) is 22.4 Å². The van der Waals surface area contributed by atoms with E-state index in [1.807, 2.05) is 19.1 Å². The van der Waals surface area contributed by atoms with Crippen LogP contribution in [0.4, 0.5) is 0 Å². The molecule has 0 saturated carbocycles. The summed E-state index contributed by atoms with van der Waals surface area (Å²) in [5, 5.41) is 0.507. The Morgan fingerprint density at radius 1 is 0.857 bits per heavy atom. The zero-order chi connectivity index (χ0) is 20.8. The Bertz CT molecular complexity index is 826. The largest absolute Gasteiger partial charge is 0.468 e. The van der Waals surface area contributed by atoms with Crippen molar-refractivity contribution in [2.24, 2.45) is 11.8 Å². The molecule has 0 fully saturated rings. The minimum absolute atomic E-state index is 0.183. The standard InChI is InChI=1S/C22H23ClO5/c1-13-5-7-16(8-6-13)20(24)14(2)18(15-9-11-17(23)12-10-15)19(21(25)27-3)22(26)28-4/h5-12,14,18-19H,1-4H3/t14-,18+/m0/s1. The zero-order valence-electron chi connectivity index (χ0n) is 16.3. The Morgan fingerprint density at radius 3 is 1.82 bits per heavy atom. The van der Waals surface area contributed by atoms with Crippen LogP contribution in [-0.2, 0) is 19.1 Å². The monoisotopic (exact) mass is 402 g/mol. The number of ether oxygens (including phenoxy) is 2. The van der Waals surface area contributed by atoms with Gasteiger partial charge in [-0.15, -0.1) is 0 Å². The molecule has 0 spiro atoms. The van der Waals surface area contributed by atoms with Crippen molar-refractivity contribution in [2.45, 2.75) is 19.8 Å². The highest BCUT2D eigenvalue weighted by molar-refractivity contribution is 6.30. The van der Waals surface area contributed by atoms with E-state index < -0.39 is 29.7 Å². The summed E-state index contributed by atoms with van der Waals surface area (Å²) >= 11 is 5.98. The van der Waals surface area contributed by atoms with Crippen LogP contribution in [-0.4, -0.2) is 31.9 Å². The molecule has 6 heteroatoms. The number of esters is 2. The summed E-state index contributed by atoms with van der Waals surface area (Å²) in [5.74, 6) is -4.43. The second-order valence-electron chi connectivity index (χ2n) is 6.62. The van der Waals surface area contributed by atoms with Gasteiger partial charge < -0.3 is 9.47 Å². The summed E-state index contributed by atoms with van der Waals surface area (Å²) in [6.45, 7) is 3.62. The Hall–Kier alpha value is -2.66. The molecule has 0 bridgehead atoms. The molecular formula is C22H23ClO5. The fraction of sp³-hybridized carbons (Fsp3) is 0.318. The Kier molecular flexibility index (Phi) is 7.35. The SMILES string of the molecule is COC(=O)C(C(=O)OC)[C@@H](c1ccc(Cl)cc1)[C@H](C)C(=O)c1ccc(C)cc1. The van der Waals surface area contributed by atoms with E-state index in [0.717, 1.165) is 5.56 Å². The molecule has 0 aromatic heterocycles. The third-order valence-corrected chi connectivity index (χ3v) is 5.06. The molecule has 0 radical (unpaired) electrons. The van der Waals surface area contributed by atoms with Crippen molar-refractivity contribution >= 4 is 29.3 Å². The quantitative estimate of drug-likeness (QED) is 0.394. The molecule has 0 unspecified atom stereocenters. The van der Waals surface area contributed by atoms with Gasteiger partial charge in [0.1, 0.15) is 0 Å². The van der Waals surface area contributed by atoms with Gasteiger partial charge in [-0.1, -0.05) is 60.5 Å². The van der Waals surface area contributed by atoms with Gasteiger partial charge in [-0.05, 0) is 24.6 Å². The Labute approximate surface area is 169 Å². The number of hydrogen-bond donors (Lipinski definition) is 0. The average molecular weight is 403 g/mol. The lowest BCUT2D eigenvalue weighted by atomic mass is 9.74. The smallest absolute Gasteiger partial charge is 0.320 e. The van der Waals surface area contributed by atoms with Gasteiger partial charge in [-0.25, -0.2) is 0 Å². The van der Waals surface area contributed by atoms with Crippen LogP contribution < -0.4 is 0 Å². The minimum atomic E-state index is -1.28. The number of benzene rings is 2. The zero-order valence-corrected chi connectivity index (χ0v) is 17.0. The molecule has 2 aromatic rings. The van der Waals surface area contributed by atoms with E-state index in [1.54, 1.807) is 43.3 Å². The van der Waals surface area contributed by atoms with E-state index >= 15 is 0 Å². The minimum Gasteiger partial charge on any atom is -0.468 e. The van der Waals surface area contributed by atoms with E-state index in [9.17, 15) is 14.4 Å². The highest BCUT2D eigenvalue weighted by Crippen LogP contribution is 2.36. The van der Waals surface area contributed by atoms with Crippen LogP contribution in [0.25, 0.3) is 0 Å². The summed E-state index contributed by atoms with van der Waals surface area (Å²) in [7, 11) is 2.40. The van der Waals surface area contributed by atoms with Crippen LogP contribution in [0.1, 0.15) is 34.3 Å². The van der Waals surface area contributed by atoms with Gasteiger partial charge in [0.25, 0.3) is 0 Å². The van der Waals surface area contributed by atoms with Crippen LogP contribution >= 0.6 is 11.6 Å². The van der Waals surface area contributed by atoms with Gasteiger partial charge in [0.05, 0.1) is 14.2 Å². The van der Waals surface area contributed by atoms with Crippen molar-refractivity contribution < 1.29 is 23.9 Å². The molecule has 148 valence electrons. The summed E-state index contributed by atoms with van der Waals surface area (Å²) in [6.07, 6.45) is 0. The number of hydrogen-bond acceptors (Lipinski definition) is 5. The number of Topliss-reactive ketones (excluding diaryl/α,β-unsaturated/α-hetero) is 1. The third kappa shape index (κ3) is 4.78. The molecule has 0 N–H and O–H groups in total. The van der Waals surface area contributed by atoms with Gasteiger partial charge in [-0.3, -0.25) is 14.4 Å². The second-order valence-corrected chi connectivity index (χ2v) is 7.06. The molecule has 2 rings (SSSR count). The lowest BCUT2D eigenvalue weighted by Gasteiger charge is -2.28. The Morgan fingerprint density at radius 2 is 1.36 bits per heavy atom. The van der Waals surface area contributed by atoms with Crippen molar-refractivity contribution in [3.63, 3.8) is 0 Å². The van der Waals surface area contributed by atoms with Crippen LogP contribution in [0.5, 0.6) is 0 Å². The molecular weight excluding hydrogens is 380 g/mol. The van der Waals surface area contributed by atoms with Crippen LogP contribution in [0, 0.1) is 18.8 Å². The number of methoxy groups -OCH3 is 2. The van der Waals surface area contributed by atoms with Gasteiger partial charge in [-0.2, -0.15) is 0 Å². The third-order valence-electron chi connectivity index (χ3n) is 4.81. The van der Waals surface area contributed by atoms with Crippen molar-refractivity contribution in [3.8, 4) is 0 Å². The molecule has 2 aromatic carbocycles. The maximum Gasteiger partial charge on any atom is 0.320 e. The van der Waals surface area contributed by atoms with Gasteiger partial charge in [0.15, 0.2) is 11.7 Å². The summed E-state index contributed by atoms with van der Waals surface area (Å²) in [6, 6.07) is 13.9. The van der Waals surface area contributed by atoms with E-state index in [1.165, 1.54) is 14.2 Å². The van der Waals surface area contributed by atoms with E-state index in [4.69, 9.17) is 21.1 Å². The fourth-order valence-corrected chi connectivity index (χ4v) is 3.37. The molecule has 2 atom stereocenters. The van der Waals surface area contributed by atoms with Crippen molar-refractivity contribution in [2.75, 3.05) is 14.2 Å². The van der Waals surface area contributed by atoms with E-state index in [-0.39, 0.29) is 5.78 Å². The first-order valence-electron chi connectivity index (χ1n) is 8.82. The molecule has 5 nitrogen and oxygen atoms in total. The van der Waals surface area contributed by atoms with Crippen molar-refractivity contribution in [1.29, 1.82) is 0 Å². The number of carbonyl (C=O) groups excluding carboxylic acids is 3. The molecule has 28 heavy (non-hydrogen) atoms. The predicted molar refractivity (Wildman–Crippen MR) is 106 cm³/mol. The van der Waals surface area contributed by atoms with Gasteiger partial charge in [0.2, 0.25) is 0 Å². The maximum absolute atomic E-state index is 13.1. The first kappa shape index (κ1) is 21.6. The van der Waals surface area contributed by atoms with Crippen molar-refractivity contribution in [3.05, 3.63) is 70.2 Å². The van der Waals surface area contributed by atoms with Crippen LogP contribution in [0.15, 0.2) is 48.5 Å². The van der Waals surface area contributed by atoms with Crippen molar-refractivity contribution in [1.82, 2.24) is 0 Å². The number of ketones is 1. The molecule has 0 aliphatic carbocycles. The fourth-order valence-electron chi connectivity index (χ4n) is 3.24. The predicted octanol–water partition coefficient (Wildman–Crippen LogP) is 4.21. The van der Waals surface area contributed by atoms with Gasteiger partial charge >= 0.3 is 11.9 Å². The molecule has 0 aliphatic heterocycles. The lowest BCUT2D eigenvalue weighted by Crippen LogP contribution is -2.37.